The first-order valence-electron chi connectivity index (χ1n) is 15.4. The van der Waals surface area contributed by atoms with Gasteiger partial charge in [-0.25, -0.2) is 0 Å². The molecule has 0 amide bonds. The zero-order valence-electron chi connectivity index (χ0n) is 22.8. The van der Waals surface area contributed by atoms with Crippen molar-refractivity contribution >= 4 is 0 Å². The maximum atomic E-state index is 2.74. The smallest absolute Gasteiger partial charge is 0.0133 e. The van der Waals surface area contributed by atoms with Gasteiger partial charge in [-0.2, -0.15) is 0 Å². The molecule has 35 heavy (non-hydrogen) atoms. The summed E-state index contributed by atoms with van der Waals surface area (Å²) < 4.78 is 0. The summed E-state index contributed by atoms with van der Waals surface area (Å²) in [6, 6.07) is 0. The van der Waals surface area contributed by atoms with Crippen LogP contribution in [0.15, 0.2) is 60.8 Å². The number of fused-ring (bicyclic) bond motifs is 6. The summed E-state index contributed by atoms with van der Waals surface area (Å²) in [5.41, 5.74) is 0. The monoisotopic (exact) mass is 470 g/mol. The summed E-state index contributed by atoms with van der Waals surface area (Å²) >= 11 is 0. The van der Waals surface area contributed by atoms with Gasteiger partial charge in [-0.1, -0.05) is 74.6 Å². The summed E-state index contributed by atoms with van der Waals surface area (Å²) in [6.45, 7) is 9.49. The van der Waals surface area contributed by atoms with Crippen LogP contribution in [0.2, 0.25) is 0 Å². The van der Waals surface area contributed by atoms with E-state index in [0.717, 1.165) is 82.9 Å². The van der Waals surface area contributed by atoms with Crippen molar-refractivity contribution in [3.63, 3.8) is 0 Å². The standard InChI is InChI=1S/C35H50/c1-5-8-26-19-27(32-11-7-10-31(26)32)15-14-25-18-24(16-22(25)3)12-13-29-20-28(9-6-2)34-30-17-23(4)33(21-30)35(29)34/h5-10,12-15,22-35H,11,16-21H2,1-4H3/b8-5-,9-6-,13-12-,15-14-. The SMILES string of the molecule is C/C=C\C1CC(/C=C\C2CC(/C=C\C3CC(/C=C\C)C4C5CC(C)C(C5)C34)CC2C)C2CC=CC12. The van der Waals surface area contributed by atoms with E-state index >= 15 is 0 Å². The first kappa shape index (κ1) is 24.1. The average Bonchev–Trinajstić information content (AvgIpc) is 3.64. The van der Waals surface area contributed by atoms with Gasteiger partial charge in [0.15, 0.2) is 0 Å². The fourth-order valence-electron chi connectivity index (χ4n) is 10.6. The summed E-state index contributed by atoms with van der Waals surface area (Å²) in [4.78, 5) is 0. The maximum Gasteiger partial charge on any atom is -0.0133 e. The van der Waals surface area contributed by atoms with Crippen LogP contribution in [-0.2, 0) is 0 Å². The van der Waals surface area contributed by atoms with Gasteiger partial charge in [0, 0.05) is 0 Å². The van der Waals surface area contributed by atoms with Crippen molar-refractivity contribution in [2.45, 2.75) is 72.6 Å². The van der Waals surface area contributed by atoms with E-state index in [1.165, 1.54) is 44.9 Å². The first-order chi connectivity index (χ1) is 17.1. The number of rotatable bonds is 6. The highest BCUT2D eigenvalue weighted by atomic mass is 14.6. The third-order valence-electron chi connectivity index (χ3n) is 11.9. The van der Waals surface area contributed by atoms with Crippen LogP contribution >= 0.6 is 0 Å². The molecule has 0 N–H and O–H groups in total. The topological polar surface area (TPSA) is 0 Å². The molecule has 190 valence electrons. The minimum Gasteiger partial charge on any atom is -0.0914 e. The largest absolute Gasteiger partial charge is 0.0914 e. The molecule has 0 nitrogen and oxygen atoms in total. The Hall–Kier alpha value is -1.30. The molecule has 0 aromatic heterocycles. The molecule has 2 bridgehead atoms. The van der Waals surface area contributed by atoms with Gasteiger partial charge < -0.3 is 0 Å². The van der Waals surface area contributed by atoms with Crippen molar-refractivity contribution in [1.82, 2.24) is 0 Å². The average molecular weight is 471 g/mol. The van der Waals surface area contributed by atoms with Crippen molar-refractivity contribution in [2.24, 2.45) is 82.9 Å². The minimum absolute atomic E-state index is 0.769. The van der Waals surface area contributed by atoms with Crippen molar-refractivity contribution in [2.75, 3.05) is 0 Å². The molecule has 0 heterocycles. The van der Waals surface area contributed by atoms with Crippen molar-refractivity contribution < 1.29 is 0 Å². The molecule has 6 aliphatic rings. The van der Waals surface area contributed by atoms with Crippen molar-refractivity contribution in [1.29, 1.82) is 0 Å². The Bertz CT molecular complexity index is 899. The molecule has 0 radical (unpaired) electrons. The van der Waals surface area contributed by atoms with E-state index in [4.69, 9.17) is 0 Å². The predicted molar refractivity (Wildman–Crippen MR) is 150 cm³/mol. The molecule has 5 saturated carbocycles. The molecule has 6 rings (SSSR count). The second kappa shape index (κ2) is 9.87. The molecule has 0 saturated heterocycles. The van der Waals surface area contributed by atoms with Crippen LogP contribution in [0.4, 0.5) is 0 Å². The number of hydrogen-bond acceptors (Lipinski definition) is 0. The summed E-state index contributed by atoms with van der Waals surface area (Å²) in [5.74, 6) is 12.3. The molecule has 0 heteroatoms. The fraction of sp³-hybridized carbons (Fsp3) is 0.714. The Morgan fingerprint density at radius 3 is 2.11 bits per heavy atom. The molecule has 0 aromatic carbocycles. The molecular formula is C35H50. The molecule has 0 spiro atoms. The zero-order chi connectivity index (χ0) is 24.1. The quantitative estimate of drug-likeness (QED) is 0.339. The van der Waals surface area contributed by atoms with Gasteiger partial charge in [0.1, 0.15) is 0 Å². The fourth-order valence-corrected chi connectivity index (χ4v) is 10.6. The molecule has 6 aliphatic carbocycles. The first-order valence-corrected chi connectivity index (χ1v) is 15.4. The van der Waals surface area contributed by atoms with Crippen molar-refractivity contribution in [3.05, 3.63) is 60.8 Å². The Kier molecular flexibility index (Phi) is 6.79. The summed E-state index contributed by atoms with van der Waals surface area (Å²) in [7, 11) is 0. The number of allylic oxidation sites excluding steroid dienone is 10. The second-order valence-corrected chi connectivity index (χ2v) is 13.8. The Morgan fingerprint density at radius 2 is 1.29 bits per heavy atom. The molecule has 14 unspecified atom stereocenters. The lowest BCUT2D eigenvalue weighted by Gasteiger charge is -2.33. The lowest BCUT2D eigenvalue weighted by atomic mass is 9.72. The lowest BCUT2D eigenvalue weighted by Crippen LogP contribution is -2.28. The van der Waals surface area contributed by atoms with Gasteiger partial charge >= 0.3 is 0 Å². The van der Waals surface area contributed by atoms with E-state index in [1.807, 2.05) is 0 Å². The maximum absolute atomic E-state index is 2.74. The third-order valence-corrected chi connectivity index (χ3v) is 11.9. The van der Waals surface area contributed by atoms with Crippen molar-refractivity contribution in [3.8, 4) is 0 Å². The van der Waals surface area contributed by atoms with E-state index in [-0.39, 0.29) is 0 Å². The van der Waals surface area contributed by atoms with Crippen LogP contribution in [0.25, 0.3) is 0 Å². The van der Waals surface area contributed by atoms with Crippen LogP contribution in [0.3, 0.4) is 0 Å². The van der Waals surface area contributed by atoms with Crippen LogP contribution in [0.5, 0.6) is 0 Å². The minimum atomic E-state index is 0.769. The van der Waals surface area contributed by atoms with E-state index in [0.29, 0.717) is 0 Å². The molecule has 5 fully saturated rings. The zero-order valence-corrected chi connectivity index (χ0v) is 22.8. The highest BCUT2D eigenvalue weighted by Crippen LogP contribution is 2.65. The molecule has 14 atom stereocenters. The van der Waals surface area contributed by atoms with E-state index < -0.39 is 0 Å². The lowest BCUT2D eigenvalue weighted by molar-refractivity contribution is 0.166. The van der Waals surface area contributed by atoms with Gasteiger partial charge in [0.2, 0.25) is 0 Å². The Labute approximate surface area is 216 Å². The van der Waals surface area contributed by atoms with Crippen LogP contribution in [0, 0.1) is 82.9 Å². The predicted octanol–water partition coefficient (Wildman–Crippen LogP) is 9.29. The van der Waals surface area contributed by atoms with Crippen LogP contribution < -0.4 is 0 Å². The highest BCUT2D eigenvalue weighted by molar-refractivity contribution is 5.18. The van der Waals surface area contributed by atoms with Gasteiger partial charge in [0.05, 0.1) is 0 Å². The van der Waals surface area contributed by atoms with Gasteiger partial charge in [-0.3, -0.25) is 0 Å². The molecule has 0 aliphatic heterocycles. The Morgan fingerprint density at radius 1 is 0.571 bits per heavy atom. The van der Waals surface area contributed by atoms with Gasteiger partial charge in [-0.05, 0) is 142 Å². The van der Waals surface area contributed by atoms with E-state index in [2.05, 4.69) is 88.5 Å². The number of hydrogen-bond donors (Lipinski definition) is 0. The normalized spacial score (nSPS) is 52.9. The van der Waals surface area contributed by atoms with E-state index in [9.17, 15) is 0 Å². The molecule has 0 aromatic rings. The van der Waals surface area contributed by atoms with Crippen LogP contribution in [-0.4, -0.2) is 0 Å². The third kappa shape index (κ3) is 4.30. The second-order valence-electron chi connectivity index (χ2n) is 13.8. The molecular weight excluding hydrogens is 420 g/mol. The summed E-state index contributed by atoms with van der Waals surface area (Å²) in [6.07, 6.45) is 35.3. The van der Waals surface area contributed by atoms with Crippen LogP contribution in [0.1, 0.15) is 72.6 Å². The summed E-state index contributed by atoms with van der Waals surface area (Å²) in [5, 5.41) is 0. The van der Waals surface area contributed by atoms with Gasteiger partial charge in [-0.15, -0.1) is 0 Å². The van der Waals surface area contributed by atoms with E-state index in [1.54, 1.807) is 0 Å². The Balaban J connectivity index is 1.09. The van der Waals surface area contributed by atoms with Gasteiger partial charge in [0.25, 0.3) is 0 Å². The highest BCUT2D eigenvalue weighted by Gasteiger charge is 2.58.